The van der Waals surface area contributed by atoms with Crippen LogP contribution in [0.2, 0.25) is 0 Å². The molecule has 2 rings (SSSR count). The second kappa shape index (κ2) is 24.8. The summed E-state index contributed by atoms with van der Waals surface area (Å²) in [5.41, 5.74) is 1.86. The summed E-state index contributed by atoms with van der Waals surface area (Å²) in [6.07, 6.45) is 22.1. The lowest BCUT2D eigenvalue weighted by Gasteiger charge is -2.25. The number of rotatable bonds is 26. The molecule has 0 aliphatic rings. The van der Waals surface area contributed by atoms with Crippen LogP contribution in [0, 0.1) is 0 Å². The van der Waals surface area contributed by atoms with Crippen molar-refractivity contribution < 1.29 is 19.1 Å². The molecule has 0 saturated carbocycles. The Labute approximate surface area is 263 Å². The Kier molecular flexibility index (Phi) is 21.1. The summed E-state index contributed by atoms with van der Waals surface area (Å²) in [6.45, 7) is 4.49. The predicted molar refractivity (Wildman–Crippen MR) is 179 cm³/mol. The van der Waals surface area contributed by atoms with Gasteiger partial charge in [-0.3, -0.25) is 9.59 Å². The Morgan fingerprint density at radius 2 is 0.767 bits per heavy atom. The molecule has 0 heterocycles. The van der Waals surface area contributed by atoms with Crippen molar-refractivity contribution >= 4 is 11.9 Å². The number of esters is 2. The number of hydrogen-bond acceptors (Lipinski definition) is 4. The smallest absolute Gasteiger partial charge is 0.306 e. The lowest BCUT2D eigenvalue weighted by Crippen LogP contribution is -2.18. The summed E-state index contributed by atoms with van der Waals surface area (Å²) in [5, 5.41) is 0. The Morgan fingerprint density at radius 1 is 0.465 bits per heavy atom. The largest absolute Gasteiger partial charge is 0.457 e. The minimum atomic E-state index is -0.474. The van der Waals surface area contributed by atoms with E-state index >= 15 is 0 Å². The molecule has 0 fully saturated rings. The molecule has 240 valence electrons. The van der Waals surface area contributed by atoms with Gasteiger partial charge < -0.3 is 9.47 Å². The molecule has 2 atom stereocenters. The van der Waals surface area contributed by atoms with Gasteiger partial charge in [-0.2, -0.15) is 0 Å². The lowest BCUT2D eigenvalue weighted by molar-refractivity contribution is -0.156. The Balaban J connectivity index is 1.87. The maximum atomic E-state index is 12.9. The van der Waals surface area contributed by atoms with Crippen LogP contribution in [-0.4, -0.2) is 11.9 Å². The first-order valence-corrected chi connectivity index (χ1v) is 17.6. The molecule has 0 aliphatic heterocycles. The topological polar surface area (TPSA) is 52.6 Å². The zero-order valence-electron chi connectivity index (χ0n) is 27.4. The van der Waals surface area contributed by atoms with Gasteiger partial charge in [0, 0.05) is 19.3 Å². The van der Waals surface area contributed by atoms with Crippen LogP contribution in [0.15, 0.2) is 60.7 Å². The molecule has 2 aromatic carbocycles. The Morgan fingerprint density at radius 3 is 1.09 bits per heavy atom. The van der Waals surface area contributed by atoms with E-state index < -0.39 is 12.2 Å². The summed E-state index contributed by atoms with van der Waals surface area (Å²) >= 11 is 0. The molecule has 0 spiro atoms. The van der Waals surface area contributed by atoms with E-state index in [0.29, 0.717) is 19.3 Å². The first kappa shape index (κ1) is 36.6. The van der Waals surface area contributed by atoms with Crippen LogP contribution in [0.5, 0.6) is 0 Å². The molecular formula is C39H60O4. The molecule has 0 amide bonds. The number of unbranched alkanes of at least 4 members (excludes halogenated alkanes) is 16. The van der Waals surface area contributed by atoms with Crippen molar-refractivity contribution in [3.05, 3.63) is 71.8 Å². The Hall–Kier alpha value is -2.62. The number of carbonyl (C=O) groups excluding carboxylic acids is 2. The van der Waals surface area contributed by atoms with E-state index in [1.165, 1.54) is 89.9 Å². The second-order valence-corrected chi connectivity index (χ2v) is 12.2. The van der Waals surface area contributed by atoms with E-state index in [1.54, 1.807) is 0 Å². The zero-order chi connectivity index (χ0) is 30.8. The molecule has 0 N–H and O–H groups in total. The summed E-state index contributed by atoms with van der Waals surface area (Å²) in [6, 6.07) is 19.7. The normalized spacial score (nSPS) is 12.5. The monoisotopic (exact) mass is 592 g/mol. The van der Waals surface area contributed by atoms with Gasteiger partial charge >= 0.3 is 11.9 Å². The molecule has 0 aliphatic carbocycles. The van der Waals surface area contributed by atoms with E-state index in [-0.39, 0.29) is 11.9 Å². The van der Waals surface area contributed by atoms with E-state index in [1.807, 2.05) is 60.7 Å². The highest BCUT2D eigenvalue weighted by molar-refractivity contribution is 5.70. The summed E-state index contributed by atoms with van der Waals surface area (Å²) < 4.78 is 12.1. The fourth-order valence-electron chi connectivity index (χ4n) is 5.63. The van der Waals surface area contributed by atoms with E-state index in [9.17, 15) is 9.59 Å². The van der Waals surface area contributed by atoms with Gasteiger partial charge in [0.2, 0.25) is 0 Å². The Bertz CT molecular complexity index is 865. The van der Waals surface area contributed by atoms with Gasteiger partial charge in [-0.05, 0) is 24.0 Å². The van der Waals surface area contributed by atoms with Crippen molar-refractivity contribution in [2.24, 2.45) is 0 Å². The molecule has 4 heteroatoms. The summed E-state index contributed by atoms with van der Waals surface area (Å²) in [4.78, 5) is 25.9. The van der Waals surface area contributed by atoms with Crippen LogP contribution >= 0.6 is 0 Å². The van der Waals surface area contributed by atoms with Gasteiger partial charge in [-0.25, -0.2) is 0 Å². The summed E-state index contributed by atoms with van der Waals surface area (Å²) in [7, 11) is 0. The van der Waals surface area contributed by atoms with Crippen LogP contribution in [0.3, 0.4) is 0 Å². The van der Waals surface area contributed by atoms with Gasteiger partial charge in [0.05, 0.1) is 0 Å². The average Bonchev–Trinajstić information content (AvgIpc) is 3.03. The third-order valence-electron chi connectivity index (χ3n) is 8.29. The van der Waals surface area contributed by atoms with Gasteiger partial charge in [0.1, 0.15) is 12.2 Å². The number of ether oxygens (including phenoxy) is 2. The predicted octanol–water partition coefficient (Wildman–Crippen LogP) is 11.8. The zero-order valence-corrected chi connectivity index (χ0v) is 27.4. The quantitative estimate of drug-likeness (QED) is 0.0805. The molecular weight excluding hydrogens is 532 g/mol. The van der Waals surface area contributed by atoms with Crippen molar-refractivity contribution in [3.8, 4) is 0 Å². The van der Waals surface area contributed by atoms with Gasteiger partial charge in [-0.1, -0.05) is 177 Å². The van der Waals surface area contributed by atoms with Crippen LogP contribution < -0.4 is 0 Å². The van der Waals surface area contributed by atoms with Crippen molar-refractivity contribution in [3.63, 3.8) is 0 Å². The van der Waals surface area contributed by atoms with Crippen molar-refractivity contribution in [1.82, 2.24) is 0 Å². The van der Waals surface area contributed by atoms with Gasteiger partial charge in [0.25, 0.3) is 0 Å². The van der Waals surface area contributed by atoms with E-state index in [4.69, 9.17) is 9.47 Å². The fourth-order valence-corrected chi connectivity index (χ4v) is 5.63. The third kappa shape index (κ3) is 17.9. The van der Waals surface area contributed by atoms with Crippen LogP contribution in [0.25, 0.3) is 0 Å². The lowest BCUT2D eigenvalue weighted by atomic mass is 9.98. The van der Waals surface area contributed by atoms with Crippen LogP contribution in [0.1, 0.15) is 172 Å². The highest BCUT2D eigenvalue weighted by atomic mass is 16.6. The average molecular weight is 593 g/mol. The molecule has 4 nitrogen and oxygen atoms in total. The van der Waals surface area contributed by atoms with Crippen molar-refractivity contribution in [2.45, 2.75) is 161 Å². The van der Waals surface area contributed by atoms with Crippen LogP contribution in [0.4, 0.5) is 0 Å². The molecule has 0 radical (unpaired) electrons. The maximum absolute atomic E-state index is 12.9. The highest BCUT2D eigenvalue weighted by Gasteiger charge is 2.25. The molecule has 2 aromatic rings. The molecule has 43 heavy (non-hydrogen) atoms. The number of benzene rings is 2. The maximum Gasteiger partial charge on any atom is 0.306 e. The van der Waals surface area contributed by atoms with Crippen LogP contribution in [-0.2, 0) is 19.1 Å². The summed E-state index contributed by atoms with van der Waals surface area (Å²) in [5.74, 6) is -0.353. The molecule has 0 aromatic heterocycles. The van der Waals surface area contributed by atoms with Gasteiger partial charge in [0.15, 0.2) is 0 Å². The highest BCUT2D eigenvalue weighted by Crippen LogP contribution is 2.33. The van der Waals surface area contributed by atoms with Crippen molar-refractivity contribution in [1.29, 1.82) is 0 Å². The van der Waals surface area contributed by atoms with Crippen molar-refractivity contribution in [2.75, 3.05) is 0 Å². The fraction of sp³-hybridized carbons (Fsp3) is 0.641. The third-order valence-corrected chi connectivity index (χ3v) is 8.29. The first-order chi connectivity index (χ1) is 21.1. The minimum Gasteiger partial charge on any atom is -0.457 e. The van der Waals surface area contributed by atoms with Gasteiger partial charge in [-0.15, -0.1) is 0 Å². The molecule has 0 bridgehead atoms. The number of hydrogen-bond donors (Lipinski definition) is 0. The van der Waals surface area contributed by atoms with E-state index in [2.05, 4.69) is 13.8 Å². The first-order valence-electron chi connectivity index (χ1n) is 17.6. The standard InChI is InChI=1S/C39H60O4/c1-3-5-7-9-11-13-15-17-25-31-38(40)42-36(34-27-21-19-22-28-34)33-37(35-29-23-20-24-30-35)43-39(41)32-26-18-16-14-12-10-8-6-4-2/h19-24,27-30,36-37H,3-18,25-26,31-33H2,1-2H3/t36-,37-/m1/s1. The molecule has 0 saturated heterocycles. The second-order valence-electron chi connectivity index (χ2n) is 12.2. The molecule has 0 unspecified atom stereocenters. The minimum absolute atomic E-state index is 0.176. The number of carbonyl (C=O) groups is 2. The SMILES string of the molecule is CCCCCCCCCCCC(=O)O[C@H](C[C@@H](OC(=O)CCCCCCCCCCC)c1ccccc1)c1ccccc1. The van der Waals surface area contributed by atoms with E-state index in [0.717, 1.165) is 36.8 Å².